The molecule has 2 rings (SSSR count). The molecule has 0 atom stereocenters. The van der Waals surface area contributed by atoms with Crippen LogP contribution in [0, 0.1) is 18.3 Å². The van der Waals surface area contributed by atoms with Gasteiger partial charge in [0.1, 0.15) is 0 Å². The standard InChI is InChI=1S/C13H12N6O/c1-8-2-3-9(7-14)6-11(8)16-13(20)10-4-5-12(17-15)19-18-10/h2-6H,15H2,1H3,(H,16,20)(H,17,19). The summed E-state index contributed by atoms with van der Waals surface area (Å²) in [7, 11) is 0. The molecule has 0 aliphatic heterocycles. The number of aromatic nitrogens is 2. The van der Waals surface area contributed by atoms with Gasteiger partial charge in [-0.1, -0.05) is 6.07 Å². The van der Waals surface area contributed by atoms with E-state index in [1.54, 1.807) is 24.3 Å². The number of rotatable bonds is 3. The minimum atomic E-state index is -0.403. The van der Waals surface area contributed by atoms with Crippen molar-refractivity contribution < 1.29 is 4.79 Å². The Labute approximate surface area is 115 Å². The highest BCUT2D eigenvalue weighted by Crippen LogP contribution is 2.17. The highest BCUT2D eigenvalue weighted by molar-refractivity contribution is 6.03. The number of carbonyl (C=O) groups is 1. The lowest BCUT2D eigenvalue weighted by atomic mass is 10.1. The zero-order valence-electron chi connectivity index (χ0n) is 10.7. The average molecular weight is 268 g/mol. The molecule has 0 unspecified atom stereocenters. The van der Waals surface area contributed by atoms with Crippen molar-refractivity contribution in [3.05, 3.63) is 47.2 Å². The summed E-state index contributed by atoms with van der Waals surface area (Å²) in [4.78, 5) is 12.0. The molecule has 100 valence electrons. The molecular weight excluding hydrogens is 256 g/mol. The Bertz CT molecular complexity index is 674. The van der Waals surface area contributed by atoms with Gasteiger partial charge in [-0.25, -0.2) is 5.84 Å². The van der Waals surface area contributed by atoms with E-state index in [4.69, 9.17) is 11.1 Å². The summed E-state index contributed by atoms with van der Waals surface area (Å²) in [5.74, 6) is 5.13. The maximum Gasteiger partial charge on any atom is 0.276 e. The fourth-order valence-corrected chi connectivity index (χ4v) is 1.54. The van der Waals surface area contributed by atoms with Crippen molar-refractivity contribution in [2.24, 2.45) is 5.84 Å². The first kappa shape index (κ1) is 13.5. The number of benzene rings is 1. The van der Waals surface area contributed by atoms with Crippen LogP contribution >= 0.6 is 0 Å². The number of nitriles is 1. The zero-order valence-corrected chi connectivity index (χ0v) is 10.7. The number of hydrogen-bond acceptors (Lipinski definition) is 6. The first-order valence-electron chi connectivity index (χ1n) is 5.76. The van der Waals surface area contributed by atoms with Gasteiger partial charge < -0.3 is 10.7 Å². The predicted molar refractivity (Wildman–Crippen MR) is 73.7 cm³/mol. The minimum Gasteiger partial charge on any atom is -0.320 e. The molecule has 0 spiro atoms. The number of aryl methyl sites for hydroxylation is 1. The predicted octanol–water partition coefficient (Wildman–Crippen LogP) is 1.19. The summed E-state index contributed by atoms with van der Waals surface area (Å²) in [6.45, 7) is 1.84. The first-order chi connectivity index (χ1) is 9.63. The number of hydrogen-bond donors (Lipinski definition) is 3. The molecule has 7 nitrogen and oxygen atoms in total. The Morgan fingerprint density at radius 1 is 1.30 bits per heavy atom. The van der Waals surface area contributed by atoms with Gasteiger partial charge in [0.25, 0.3) is 5.91 Å². The second-order valence-corrected chi connectivity index (χ2v) is 4.04. The zero-order chi connectivity index (χ0) is 14.5. The van der Waals surface area contributed by atoms with E-state index in [1.807, 2.05) is 13.0 Å². The van der Waals surface area contributed by atoms with E-state index in [2.05, 4.69) is 20.9 Å². The largest absolute Gasteiger partial charge is 0.320 e. The van der Waals surface area contributed by atoms with Crippen LogP contribution in [0.15, 0.2) is 30.3 Å². The van der Waals surface area contributed by atoms with Gasteiger partial charge in [-0.15, -0.1) is 10.2 Å². The number of carbonyl (C=O) groups excluding carboxylic acids is 1. The van der Waals surface area contributed by atoms with Gasteiger partial charge in [0.2, 0.25) is 0 Å². The monoisotopic (exact) mass is 268 g/mol. The number of nitrogen functional groups attached to an aromatic ring is 1. The summed E-state index contributed by atoms with van der Waals surface area (Å²) < 4.78 is 0. The summed E-state index contributed by atoms with van der Waals surface area (Å²) in [5, 5.41) is 19.0. The van der Waals surface area contributed by atoms with E-state index < -0.39 is 5.91 Å². The van der Waals surface area contributed by atoms with E-state index in [9.17, 15) is 4.79 Å². The van der Waals surface area contributed by atoms with Crippen molar-refractivity contribution in [3.63, 3.8) is 0 Å². The summed E-state index contributed by atoms with van der Waals surface area (Å²) >= 11 is 0. The van der Waals surface area contributed by atoms with Crippen LogP contribution in [0.3, 0.4) is 0 Å². The normalized spacial score (nSPS) is 9.65. The van der Waals surface area contributed by atoms with Crippen LogP contribution in [0.1, 0.15) is 21.6 Å². The molecule has 1 aromatic heterocycles. The van der Waals surface area contributed by atoms with E-state index >= 15 is 0 Å². The van der Waals surface area contributed by atoms with Gasteiger partial charge in [-0.05, 0) is 36.8 Å². The fourth-order valence-electron chi connectivity index (χ4n) is 1.54. The van der Waals surface area contributed by atoms with Crippen molar-refractivity contribution in [1.82, 2.24) is 10.2 Å². The van der Waals surface area contributed by atoms with Crippen molar-refractivity contribution in [1.29, 1.82) is 5.26 Å². The molecule has 0 saturated carbocycles. The average Bonchev–Trinajstić information content (AvgIpc) is 2.49. The maximum atomic E-state index is 12.0. The van der Waals surface area contributed by atoms with Gasteiger partial charge in [-0.3, -0.25) is 4.79 Å². The third kappa shape index (κ3) is 2.88. The molecule has 0 saturated heterocycles. The lowest BCUT2D eigenvalue weighted by molar-refractivity contribution is 0.102. The molecule has 0 fully saturated rings. The van der Waals surface area contributed by atoms with Crippen molar-refractivity contribution >= 4 is 17.4 Å². The van der Waals surface area contributed by atoms with E-state index in [1.165, 1.54) is 6.07 Å². The number of anilines is 2. The number of nitrogens with two attached hydrogens (primary N) is 1. The molecule has 4 N–H and O–H groups in total. The maximum absolute atomic E-state index is 12.0. The van der Waals surface area contributed by atoms with Gasteiger partial charge >= 0.3 is 0 Å². The molecule has 1 heterocycles. The van der Waals surface area contributed by atoms with Crippen LogP contribution in [0.5, 0.6) is 0 Å². The number of hydrazine groups is 1. The molecular formula is C13H12N6O. The molecule has 20 heavy (non-hydrogen) atoms. The molecule has 7 heteroatoms. The number of nitrogens with one attached hydrogen (secondary N) is 2. The lowest BCUT2D eigenvalue weighted by Crippen LogP contribution is -2.16. The highest BCUT2D eigenvalue weighted by atomic mass is 16.1. The van der Waals surface area contributed by atoms with Crippen LogP contribution in [0.4, 0.5) is 11.5 Å². The van der Waals surface area contributed by atoms with Crippen LogP contribution in [0.2, 0.25) is 0 Å². The van der Waals surface area contributed by atoms with Crippen molar-refractivity contribution in [3.8, 4) is 6.07 Å². The van der Waals surface area contributed by atoms with Gasteiger partial charge in [0, 0.05) is 5.69 Å². The second kappa shape index (κ2) is 5.77. The quantitative estimate of drug-likeness (QED) is 0.568. The molecule has 0 aliphatic carbocycles. The molecule has 0 radical (unpaired) electrons. The number of amides is 1. The Balaban J connectivity index is 2.20. The molecule has 2 aromatic rings. The topological polar surface area (TPSA) is 117 Å². The SMILES string of the molecule is Cc1ccc(C#N)cc1NC(=O)c1ccc(NN)nn1. The molecule has 0 aliphatic rings. The third-order valence-corrected chi connectivity index (χ3v) is 2.66. The van der Waals surface area contributed by atoms with E-state index in [0.29, 0.717) is 17.1 Å². The Morgan fingerprint density at radius 2 is 2.10 bits per heavy atom. The third-order valence-electron chi connectivity index (χ3n) is 2.66. The second-order valence-electron chi connectivity index (χ2n) is 4.04. The van der Waals surface area contributed by atoms with Crippen molar-refractivity contribution in [2.75, 3.05) is 10.7 Å². The van der Waals surface area contributed by atoms with Crippen LogP contribution in [0.25, 0.3) is 0 Å². The van der Waals surface area contributed by atoms with Gasteiger partial charge in [-0.2, -0.15) is 5.26 Å². The van der Waals surface area contributed by atoms with E-state index in [-0.39, 0.29) is 5.69 Å². The van der Waals surface area contributed by atoms with Crippen LogP contribution in [-0.4, -0.2) is 16.1 Å². The minimum absolute atomic E-state index is 0.158. The summed E-state index contributed by atoms with van der Waals surface area (Å²) in [6, 6.07) is 10.1. The van der Waals surface area contributed by atoms with E-state index in [0.717, 1.165) is 5.56 Å². The van der Waals surface area contributed by atoms with Crippen LogP contribution in [-0.2, 0) is 0 Å². The summed E-state index contributed by atoms with van der Waals surface area (Å²) in [6.07, 6.45) is 0. The van der Waals surface area contributed by atoms with Crippen molar-refractivity contribution in [2.45, 2.75) is 6.92 Å². The van der Waals surface area contributed by atoms with Gasteiger partial charge in [0.15, 0.2) is 11.5 Å². The first-order valence-corrected chi connectivity index (χ1v) is 5.76. The Morgan fingerprint density at radius 3 is 2.70 bits per heavy atom. The number of nitrogens with zero attached hydrogens (tertiary/aromatic N) is 3. The molecule has 1 amide bonds. The molecule has 0 bridgehead atoms. The van der Waals surface area contributed by atoms with Gasteiger partial charge in [0.05, 0.1) is 11.6 Å². The lowest BCUT2D eigenvalue weighted by Gasteiger charge is -2.08. The van der Waals surface area contributed by atoms with Crippen LogP contribution < -0.4 is 16.6 Å². The molecule has 1 aromatic carbocycles. The fraction of sp³-hybridized carbons (Fsp3) is 0.0769. The smallest absolute Gasteiger partial charge is 0.276 e. The Hall–Kier alpha value is -2.98. The highest BCUT2D eigenvalue weighted by Gasteiger charge is 2.10. The Kier molecular flexibility index (Phi) is 3.88. The summed E-state index contributed by atoms with van der Waals surface area (Å²) in [5.41, 5.74) is 4.37.